The van der Waals surface area contributed by atoms with Gasteiger partial charge in [-0.3, -0.25) is 4.79 Å². The van der Waals surface area contributed by atoms with Crippen molar-refractivity contribution in [3.8, 4) is 11.8 Å². The molecule has 4 nitrogen and oxygen atoms in total. The maximum absolute atomic E-state index is 12.4. The molecule has 2 aromatic rings. The molecule has 0 saturated heterocycles. The van der Waals surface area contributed by atoms with Gasteiger partial charge in [0, 0.05) is 16.9 Å². The minimum atomic E-state index is -0.317. The Bertz CT molecular complexity index is 782. The lowest BCUT2D eigenvalue weighted by atomic mass is 10.0. The van der Waals surface area contributed by atoms with Crippen LogP contribution in [0.2, 0.25) is 0 Å². The second kappa shape index (κ2) is 6.12. The average molecular weight is 310 g/mol. The standard InChI is InChI=1S/C17H14N2O2S/c1-21-15-4-2-3-12(8-15)16(20)13(9-18)7-14-10-22-17(19-14)11-5-6-11/h2-4,7-8,10-11H,5-6H2,1H3. The number of ether oxygens (including phenoxy) is 1. The molecule has 1 aromatic carbocycles. The predicted octanol–water partition coefficient (Wildman–Crippen LogP) is 3.82. The third-order valence-corrected chi connectivity index (χ3v) is 4.48. The van der Waals surface area contributed by atoms with E-state index in [-0.39, 0.29) is 11.4 Å². The summed E-state index contributed by atoms with van der Waals surface area (Å²) in [6, 6.07) is 8.77. The molecule has 1 heterocycles. The Morgan fingerprint density at radius 1 is 1.50 bits per heavy atom. The highest BCUT2D eigenvalue weighted by atomic mass is 32.1. The minimum absolute atomic E-state index is 0.0842. The van der Waals surface area contributed by atoms with E-state index < -0.39 is 0 Å². The third kappa shape index (κ3) is 3.07. The van der Waals surface area contributed by atoms with Crippen LogP contribution in [-0.2, 0) is 0 Å². The maximum atomic E-state index is 12.4. The van der Waals surface area contributed by atoms with Crippen LogP contribution in [0.4, 0.5) is 0 Å². The smallest absolute Gasteiger partial charge is 0.203 e. The molecule has 0 bridgehead atoms. The van der Waals surface area contributed by atoms with E-state index in [1.807, 2.05) is 11.4 Å². The number of carbonyl (C=O) groups excluding carboxylic acids is 1. The zero-order valence-electron chi connectivity index (χ0n) is 12.1. The van der Waals surface area contributed by atoms with Crippen molar-refractivity contribution < 1.29 is 9.53 Å². The fourth-order valence-electron chi connectivity index (χ4n) is 2.10. The number of methoxy groups -OCH3 is 1. The van der Waals surface area contributed by atoms with Crippen LogP contribution in [0.5, 0.6) is 5.75 Å². The first-order valence-electron chi connectivity index (χ1n) is 6.97. The van der Waals surface area contributed by atoms with Gasteiger partial charge in [0.2, 0.25) is 5.78 Å². The summed E-state index contributed by atoms with van der Waals surface area (Å²) in [6.07, 6.45) is 3.93. The lowest BCUT2D eigenvalue weighted by Crippen LogP contribution is -2.02. The summed E-state index contributed by atoms with van der Waals surface area (Å²) < 4.78 is 5.11. The highest BCUT2D eigenvalue weighted by Gasteiger charge is 2.26. The van der Waals surface area contributed by atoms with Crippen LogP contribution < -0.4 is 4.74 Å². The van der Waals surface area contributed by atoms with Crippen molar-refractivity contribution in [3.05, 3.63) is 51.5 Å². The molecular formula is C17H14N2O2S. The number of aromatic nitrogens is 1. The zero-order chi connectivity index (χ0) is 15.5. The van der Waals surface area contributed by atoms with Crippen LogP contribution in [-0.4, -0.2) is 17.9 Å². The van der Waals surface area contributed by atoms with Gasteiger partial charge in [-0.05, 0) is 31.1 Å². The van der Waals surface area contributed by atoms with Gasteiger partial charge in [0.15, 0.2) is 0 Å². The second-order valence-corrected chi connectivity index (χ2v) is 6.01. The van der Waals surface area contributed by atoms with E-state index >= 15 is 0 Å². The lowest BCUT2D eigenvalue weighted by molar-refractivity contribution is 0.103. The number of ketones is 1. The van der Waals surface area contributed by atoms with Crippen LogP contribution >= 0.6 is 11.3 Å². The molecule has 0 unspecified atom stereocenters. The number of hydrogen-bond acceptors (Lipinski definition) is 5. The molecule has 22 heavy (non-hydrogen) atoms. The molecule has 0 aliphatic heterocycles. The Balaban J connectivity index is 1.86. The van der Waals surface area contributed by atoms with Crippen LogP contribution in [0.3, 0.4) is 0 Å². The molecule has 1 aromatic heterocycles. The van der Waals surface area contributed by atoms with Gasteiger partial charge in [-0.25, -0.2) is 4.98 Å². The summed E-state index contributed by atoms with van der Waals surface area (Å²) in [4.78, 5) is 16.9. The molecule has 110 valence electrons. The zero-order valence-corrected chi connectivity index (χ0v) is 12.9. The molecule has 1 fully saturated rings. The van der Waals surface area contributed by atoms with Crippen molar-refractivity contribution in [1.29, 1.82) is 5.26 Å². The topological polar surface area (TPSA) is 63.0 Å². The van der Waals surface area contributed by atoms with Gasteiger partial charge in [0.05, 0.1) is 17.8 Å². The quantitative estimate of drug-likeness (QED) is 0.478. The number of allylic oxidation sites excluding steroid dienone is 1. The number of thiazole rings is 1. The first-order valence-corrected chi connectivity index (χ1v) is 7.85. The lowest BCUT2D eigenvalue weighted by Gasteiger charge is -2.02. The van der Waals surface area contributed by atoms with Crippen molar-refractivity contribution in [3.63, 3.8) is 0 Å². The van der Waals surface area contributed by atoms with Crippen LogP contribution in [0.25, 0.3) is 6.08 Å². The molecule has 0 radical (unpaired) electrons. The Kier molecular flexibility index (Phi) is 4.03. The van der Waals surface area contributed by atoms with Crippen molar-refractivity contribution in [1.82, 2.24) is 4.98 Å². The van der Waals surface area contributed by atoms with Gasteiger partial charge in [0.1, 0.15) is 17.4 Å². The largest absolute Gasteiger partial charge is 0.497 e. The van der Waals surface area contributed by atoms with Crippen LogP contribution in [0.15, 0.2) is 35.2 Å². The molecule has 3 rings (SSSR count). The number of hydrogen-bond donors (Lipinski definition) is 0. The number of rotatable bonds is 5. The normalized spacial score (nSPS) is 14.5. The Morgan fingerprint density at radius 3 is 3.00 bits per heavy atom. The summed E-state index contributed by atoms with van der Waals surface area (Å²) in [5, 5.41) is 12.3. The molecule has 1 aliphatic rings. The van der Waals surface area contributed by atoms with Gasteiger partial charge < -0.3 is 4.74 Å². The van der Waals surface area contributed by atoms with Crippen molar-refractivity contribution in [2.75, 3.05) is 7.11 Å². The van der Waals surface area contributed by atoms with Crippen LogP contribution in [0, 0.1) is 11.3 Å². The van der Waals surface area contributed by atoms with E-state index in [2.05, 4.69) is 4.98 Å². The summed E-state index contributed by atoms with van der Waals surface area (Å²) in [5.74, 6) is 0.849. The number of nitriles is 1. The van der Waals surface area contributed by atoms with E-state index in [0.717, 1.165) is 5.01 Å². The van der Waals surface area contributed by atoms with Gasteiger partial charge in [-0.2, -0.15) is 5.26 Å². The number of Topliss-reactive ketones (excluding diaryl/α,β-unsaturated/α-hetero) is 1. The van der Waals surface area contributed by atoms with Crippen molar-refractivity contribution >= 4 is 23.2 Å². The predicted molar refractivity (Wildman–Crippen MR) is 85.0 cm³/mol. The SMILES string of the molecule is COc1cccc(C(=O)C(C#N)=Cc2csc(C3CC3)n2)c1. The molecule has 1 saturated carbocycles. The van der Waals surface area contributed by atoms with E-state index in [0.29, 0.717) is 22.9 Å². The second-order valence-electron chi connectivity index (χ2n) is 5.12. The molecule has 0 N–H and O–H groups in total. The van der Waals surface area contributed by atoms with Gasteiger partial charge in [-0.1, -0.05) is 12.1 Å². The first-order chi connectivity index (χ1) is 10.7. The van der Waals surface area contributed by atoms with Gasteiger partial charge in [0.25, 0.3) is 0 Å². The highest BCUT2D eigenvalue weighted by Crippen LogP contribution is 2.41. The summed E-state index contributed by atoms with van der Waals surface area (Å²) >= 11 is 1.59. The number of benzene rings is 1. The number of nitrogens with zero attached hydrogens (tertiary/aromatic N) is 2. The highest BCUT2D eigenvalue weighted by molar-refractivity contribution is 7.09. The molecule has 0 spiro atoms. The summed E-state index contributed by atoms with van der Waals surface area (Å²) in [7, 11) is 1.54. The summed E-state index contributed by atoms with van der Waals surface area (Å²) in [5.41, 5.74) is 1.20. The molecule has 0 amide bonds. The van der Waals surface area contributed by atoms with Crippen molar-refractivity contribution in [2.45, 2.75) is 18.8 Å². The molecule has 0 atom stereocenters. The molecular weight excluding hydrogens is 296 g/mol. The Morgan fingerprint density at radius 2 is 2.32 bits per heavy atom. The molecule has 5 heteroatoms. The Labute approximate surface area is 132 Å². The first kappa shape index (κ1) is 14.5. The summed E-state index contributed by atoms with van der Waals surface area (Å²) in [6.45, 7) is 0. The van der Waals surface area contributed by atoms with E-state index in [1.54, 1.807) is 48.8 Å². The maximum Gasteiger partial charge on any atom is 0.203 e. The minimum Gasteiger partial charge on any atom is -0.497 e. The Hall–Kier alpha value is -2.45. The number of carbonyl (C=O) groups is 1. The average Bonchev–Trinajstić information content (AvgIpc) is 3.31. The monoisotopic (exact) mass is 310 g/mol. The van der Waals surface area contributed by atoms with E-state index in [1.165, 1.54) is 12.8 Å². The van der Waals surface area contributed by atoms with E-state index in [4.69, 9.17) is 4.74 Å². The fourth-order valence-corrected chi connectivity index (χ4v) is 3.05. The van der Waals surface area contributed by atoms with Crippen molar-refractivity contribution in [2.24, 2.45) is 0 Å². The third-order valence-electron chi connectivity index (χ3n) is 3.46. The van der Waals surface area contributed by atoms with Gasteiger partial charge >= 0.3 is 0 Å². The van der Waals surface area contributed by atoms with Crippen LogP contribution in [0.1, 0.15) is 39.8 Å². The van der Waals surface area contributed by atoms with Gasteiger partial charge in [-0.15, -0.1) is 11.3 Å². The fraction of sp³-hybridized carbons (Fsp3) is 0.235. The van der Waals surface area contributed by atoms with E-state index in [9.17, 15) is 10.1 Å². The molecule has 1 aliphatic carbocycles.